The van der Waals surface area contributed by atoms with Crippen molar-refractivity contribution in [1.82, 2.24) is 9.80 Å². The number of hydrogen-bond acceptors (Lipinski definition) is 3. The lowest BCUT2D eigenvalue weighted by Crippen LogP contribution is -2.38. The van der Waals surface area contributed by atoms with E-state index in [4.69, 9.17) is 4.74 Å². The largest absolute Gasteiger partial charge is 0.494 e. The highest BCUT2D eigenvalue weighted by Gasteiger charge is 2.39. The third-order valence-electron chi connectivity index (χ3n) is 4.64. The fourth-order valence-electron chi connectivity index (χ4n) is 3.36. The van der Waals surface area contributed by atoms with Crippen LogP contribution in [0, 0.1) is 0 Å². The van der Waals surface area contributed by atoms with E-state index in [-0.39, 0.29) is 24.5 Å². The molecule has 0 spiro atoms. The Balaban J connectivity index is 1.39. The summed E-state index contributed by atoms with van der Waals surface area (Å²) >= 11 is 0. The number of carbonyl (C=O) groups is 2. The van der Waals surface area contributed by atoms with Crippen molar-refractivity contribution < 1.29 is 14.3 Å². The lowest BCUT2D eigenvalue weighted by atomic mass is 10.2. The molecule has 0 aromatic heterocycles. The molecular formula is C18H24N2O3. The van der Waals surface area contributed by atoms with Gasteiger partial charge in [-0.25, -0.2) is 4.79 Å². The highest BCUT2D eigenvalue weighted by Crippen LogP contribution is 2.27. The van der Waals surface area contributed by atoms with Crippen LogP contribution in [0.5, 0.6) is 5.75 Å². The van der Waals surface area contributed by atoms with Crippen molar-refractivity contribution in [1.29, 1.82) is 0 Å². The van der Waals surface area contributed by atoms with E-state index in [0.29, 0.717) is 13.2 Å². The van der Waals surface area contributed by atoms with Crippen LogP contribution in [0.3, 0.4) is 0 Å². The maximum Gasteiger partial charge on any atom is 0.327 e. The Morgan fingerprint density at radius 1 is 1.04 bits per heavy atom. The van der Waals surface area contributed by atoms with E-state index in [2.05, 4.69) is 0 Å². The van der Waals surface area contributed by atoms with Crippen molar-refractivity contribution in [2.45, 2.75) is 44.6 Å². The number of unbranched alkanes of at least 4 members (excludes halogenated alkanes) is 1. The summed E-state index contributed by atoms with van der Waals surface area (Å²) in [6.45, 7) is 1.37. The summed E-state index contributed by atoms with van der Waals surface area (Å²) in [6, 6.07) is 9.86. The van der Waals surface area contributed by atoms with Gasteiger partial charge in [-0.05, 0) is 37.8 Å². The van der Waals surface area contributed by atoms with Gasteiger partial charge in [-0.15, -0.1) is 0 Å². The minimum atomic E-state index is -0.0918. The second-order valence-electron chi connectivity index (χ2n) is 6.26. The second kappa shape index (κ2) is 7.49. The van der Waals surface area contributed by atoms with E-state index in [0.717, 1.165) is 31.4 Å². The summed E-state index contributed by atoms with van der Waals surface area (Å²) in [4.78, 5) is 27.6. The number of ether oxygens (including phenoxy) is 1. The fourth-order valence-corrected chi connectivity index (χ4v) is 3.36. The van der Waals surface area contributed by atoms with Gasteiger partial charge in [0.1, 0.15) is 12.3 Å². The number of benzene rings is 1. The predicted molar refractivity (Wildman–Crippen MR) is 87.2 cm³/mol. The van der Waals surface area contributed by atoms with Gasteiger partial charge in [0.05, 0.1) is 6.61 Å². The average Bonchev–Trinajstić information content (AvgIpc) is 3.18. The molecule has 1 aliphatic carbocycles. The first kappa shape index (κ1) is 15.8. The molecule has 1 saturated heterocycles. The molecule has 0 radical (unpaired) electrons. The van der Waals surface area contributed by atoms with E-state index < -0.39 is 0 Å². The smallest absolute Gasteiger partial charge is 0.327 e. The molecule has 0 atom stereocenters. The molecule has 1 aromatic carbocycles. The normalized spacial score (nSPS) is 19.0. The van der Waals surface area contributed by atoms with Crippen LogP contribution < -0.4 is 4.74 Å². The van der Waals surface area contributed by atoms with Crippen molar-refractivity contribution in [3.63, 3.8) is 0 Å². The minimum absolute atomic E-state index is 0.0501. The molecule has 1 aliphatic heterocycles. The molecule has 2 fully saturated rings. The first-order valence-corrected chi connectivity index (χ1v) is 8.54. The number of amides is 3. The molecule has 3 amide bonds. The van der Waals surface area contributed by atoms with Crippen molar-refractivity contribution in [3.8, 4) is 5.75 Å². The quantitative estimate of drug-likeness (QED) is 0.574. The number of carbonyl (C=O) groups excluding carboxylic acids is 2. The SMILES string of the molecule is O=C1CN(C2CCCC2)C(=O)N1CCCCOc1ccccc1. The molecule has 0 N–H and O–H groups in total. The van der Waals surface area contributed by atoms with Crippen LogP contribution in [0.25, 0.3) is 0 Å². The first-order chi connectivity index (χ1) is 11.3. The van der Waals surface area contributed by atoms with Gasteiger partial charge in [-0.1, -0.05) is 31.0 Å². The standard InChI is InChI=1S/C18H24N2O3/c21-17-14-20(15-8-4-5-9-15)18(22)19(17)12-6-7-13-23-16-10-2-1-3-11-16/h1-3,10-11,15H,4-9,12-14H2. The maximum atomic E-state index is 12.4. The van der Waals surface area contributed by atoms with Crippen LogP contribution in [-0.2, 0) is 4.79 Å². The van der Waals surface area contributed by atoms with Crippen molar-refractivity contribution in [2.75, 3.05) is 19.7 Å². The number of urea groups is 1. The lowest BCUT2D eigenvalue weighted by molar-refractivity contribution is -0.125. The van der Waals surface area contributed by atoms with E-state index >= 15 is 0 Å². The predicted octanol–water partition coefficient (Wildman–Crippen LogP) is 3.05. The molecule has 5 heteroatoms. The van der Waals surface area contributed by atoms with Gasteiger partial charge >= 0.3 is 6.03 Å². The molecule has 0 bridgehead atoms. The van der Waals surface area contributed by atoms with Crippen molar-refractivity contribution in [3.05, 3.63) is 30.3 Å². The van der Waals surface area contributed by atoms with Crippen LogP contribution in [0.15, 0.2) is 30.3 Å². The second-order valence-corrected chi connectivity index (χ2v) is 6.26. The van der Waals surface area contributed by atoms with Crippen LogP contribution in [0.4, 0.5) is 4.79 Å². The molecule has 2 aliphatic rings. The fraction of sp³-hybridized carbons (Fsp3) is 0.556. The van der Waals surface area contributed by atoms with Crippen LogP contribution in [-0.4, -0.2) is 47.5 Å². The highest BCUT2D eigenvalue weighted by atomic mass is 16.5. The number of hydrogen-bond donors (Lipinski definition) is 0. The monoisotopic (exact) mass is 316 g/mol. The van der Waals surface area contributed by atoms with Crippen LogP contribution >= 0.6 is 0 Å². The summed E-state index contributed by atoms with van der Waals surface area (Å²) in [5.74, 6) is 0.805. The van der Waals surface area contributed by atoms with Gasteiger partial charge in [0, 0.05) is 12.6 Å². The molecule has 1 saturated carbocycles. The number of imide groups is 1. The Kier molecular flexibility index (Phi) is 5.16. The summed E-state index contributed by atoms with van der Waals surface area (Å²) in [5, 5.41) is 0. The zero-order valence-electron chi connectivity index (χ0n) is 13.4. The topological polar surface area (TPSA) is 49.9 Å². The molecule has 5 nitrogen and oxygen atoms in total. The van der Waals surface area contributed by atoms with Gasteiger partial charge in [0.25, 0.3) is 0 Å². The van der Waals surface area contributed by atoms with E-state index in [1.165, 1.54) is 17.7 Å². The van der Waals surface area contributed by atoms with E-state index in [1.807, 2.05) is 30.3 Å². The van der Waals surface area contributed by atoms with E-state index in [1.54, 1.807) is 4.90 Å². The number of nitrogens with zero attached hydrogens (tertiary/aromatic N) is 2. The molecule has 124 valence electrons. The third-order valence-corrected chi connectivity index (χ3v) is 4.64. The summed E-state index contributed by atoms with van der Waals surface area (Å²) in [6.07, 6.45) is 6.02. The van der Waals surface area contributed by atoms with Crippen LogP contribution in [0.2, 0.25) is 0 Å². The molecule has 0 unspecified atom stereocenters. The molecular weight excluding hydrogens is 292 g/mol. The van der Waals surface area contributed by atoms with Crippen molar-refractivity contribution >= 4 is 11.9 Å². The van der Waals surface area contributed by atoms with Gasteiger partial charge < -0.3 is 9.64 Å². The number of para-hydroxylation sites is 1. The Hall–Kier alpha value is -2.04. The lowest BCUT2D eigenvalue weighted by Gasteiger charge is -2.22. The highest BCUT2D eigenvalue weighted by molar-refractivity contribution is 6.02. The summed E-state index contributed by atoms with van der Waals surface area (Å²) < 4.78 is 5.63. The van der Waals surface area contributed by atoms with Gasteiger partial charge in [-0.2, -0.15) is 0 Å². The summed E-state index contributed by atoms with van der Waals surface area (Å²) in [7, 11) is 0. The third kappa shape index (κ3) is 3.84. The molecule has 1 aromatic rings. The van der Waals surface area contributed by atoms with Crippen molar-refractivity contribution in [2.24, 2.45) is 0 Å². The van der Waals surface area contributed by atoms with Crippen LogP contribution in [0.1, 0.15) is 38.5 Å². The zero-order chi connectivity index (χ0) is 16.1. The summed E-state index contributed by atoms with van der Waals surface area (Å²) in [5.41, 5.74) is 0. The molecule has 1 heterocycles. The average molecular weight is 316 g/mol. The Morgan fingerprint density at radius 2 is 1.78 bits per heavy atom. The minimum Gasteiger partial charge on any atom is -0.494 e. The number of rotatable bonds is 7. The van der Waals surface area contributed by atoms with Gasteiger partial charge in [0.15, 0.2) is 0 Å². The Morgan fingerprint density at radius 3 is 2.52 bits per heavy atom. The Labute approximate surface area is 137 Å². The van der Waals surface area contributed by atoms with Gasteiger partial charge in [-0.3, -0.25) is 9.69 Å². The Bertz CT molecular complexity index is 540. The molecule has 23 heavy (non-hydrogen) atoms. The van der Waals surface area contributed by atoms with Gasteiger partial charge in [0.2, 0.25) is 5.91 Å². The zero-order valence-corrected chi connectivity index (χ0v) is 13.4. The maximum absolute atomic E-state index is 12.4. The van der Waals surface area contributed by atoms with E-state index in [9.17, 15) is 9.59 Å². The first-order valence-electron chi connectivity index (χ1n) is 8.54. The molecule has 3 rings (SSSR count).